The highest BCUT2D eigenvalue weighted by Gasteiger charge is 2.58. The first-order chi connectivity index (χ1) is 20.2. The number of hydrogen-bond acceptors (Lipinski definition) is 7. The molecule has 7 rings (SSSR count). The second-order valence-electron chi connectivity index (χ2n) is 11.5. The maximum Gasteiger partial charge on any atom is 0.257 e. The van der Waals surface area contributed by atoms with Crippen molar-refractivity contribution < 1.29 is 27.6 Å². The van der Waals surface area contributed by atoms with E-state index in [9.17, 15) is 18.4 Å². The van der Waals surface area contributed by atoms with Crippen LogP contribution in [0.1, 0.15) is 70.5 Å². The van der Waals surface area contributed by atoms with E-state index in [-0.39, 0.29) is 23.8 Å². The van der Waals surface area contributed by atoms with Crippen molar-refractivity contribution in [3.05, 3.63) is 76.6 Å². The number of halogens is 2. The molecule has 216 valence electrons. The summed E-state index contributed by atoms with van der Waals surface area (Å²) in [4.78, 5) is 32.1. The summed E-state index contributed by atoms with van der Waals surface area (Å²) in [7, 11) is 0. The van der Waals surface area contributed by atoms with Crippen molar-refractivity contribution in [2.75, 3.05) is 11.9 Å². The quantitative estimate of drug-likeness (QED) is 0.285. The van der Waals surface area contributed by atoms with Crippen LogP contribution in [-0.2, 0) is 4.79 Å². The smallest absolute Gasteiger partial charge is 0.257 e. The molecule has 1 aliphatic heterocycles. The van der Waals surface area contributed by atoms with Gasteiger partial charge in [0, 0.05) is 40.1 Å². The van der Waals surface area contributed by atoms with Gasteiger partial charge in [0.15, 0.2) is 11.6 Å². The summed E-state index contributed by atoms with van der Waals surface area (Å²) in [6.07, 6.45) is 6.02. The molecule has 4 aromatic rings. The number of aryl methyl sites for hydroxylation is 2. The van der Waals surface area contributed by atoms with Crippen LogP contribution in [0.3, 0.4) is 0 Å². The third-order valence-corrected chi connectivity index (χ3v) is 8.58. The van der Waals surface area contributed by atoms with E-state index in [2.05, 4.69) is 31.0 Å². The maximum absolute atomic E-state index is 14.6. The Bertz CT molecular complexity index is 1690. The lowest BCUT2D eigenvalue weighted by Crippen LogP contribution is -2.52. The number of ether oxygens (including phenoxy) is 1. The summed E-state index contributed by atoms with van der Waals surface area (Å²) in [6.45, 7) is 4.00. The molecule has 3 aliphatic rings. The number of anilines is 1. The average Bonchev–Trinajstić information content (AvgIpc) is 3.89. The fourth-order valence-corrected chi connectivity index (χ4v) is 6.05. The third kappa shape index (κ3) is 4.50. The number of H-pyrrole nitrogens is 1. The van der Waals surface area contributed by atoms with Gasteiger partial charge in [-0.1, -0.05) is 5.16 Å². The number of pyridine rings is 1. The first-order valence-electron chi connectivity index (χ1n) is 13.9. The Morgan fingerprint density at radius 3 is 2.60 bits per heavy atom. The van der Waals surface area contributed by atoms with E-state index in [1.54, 1.807) is 12.1 Å². The SMILES string of the molecule is Cc1n[nH]c(C)c1-c1ccc(NC(=O)[C@@H](NC(=O)c2conc2C2CC2)C2c3cc(F)c(F)cc3OCC23CC3)cn1. The number of rotatable bonds is 7. The average molecular weight is 575 g/mol. The van der Waals surface area contributed by atoms with Gasteiger partial charge in [0.05, 0.1) is 35.6 Å². The van der Waals surface area contributed by atoms with Gasteiger partial charge in [0.1, 0.15) is 23.6 Å². The molecule has 0 radical (unpaired) electrons. The van der Waals surface area contributed by atoms with Crippen molar-refractivity contribution in [3.63, 3.8) is 0 Å². The highest BCUT2D eigenvalue weighted by Crippen LogP contribution is 2.61. The zero-order valence-corrected chi connectivity index (χ0v) is 23.0. The van der Waals surface area contributed by atoms with Gasteiger partial charge >= 0.3 is 0 Å². The van der Waals surface area contributed by atoms with Gasteiger partial charge in [0.25, 0.3) is 5.91 Å². The molecule has 4 heterocycles. The topological polar surface area (TPSA) is 135 Å². The Kier molecular flexibility index (Phi) is 6.10. The Labute approximate surface area is 239 Å². The molecule has 1 unspecified atom stereocenters. The van der Waals surface area contributed by atoms with Crippen LogP contribution in [0.5, 0.6) is 5.75 Å². The first kappa shape index (κ1) is 26.3. The van der Waals surface area contributed by atoms with Crippen LogP contribution in [-0.4, -0.2) is 44.8 Å². The molecule has 1 spiro atoms. The Balaban J connectivity index is 1.23. The number of hydrogen-bond donors (Lipinski definition) is 3. The standard InChI is InChI=1S/C30H28F2N6O4/c1-14-24(15(2)37-36-14)22-6-5-17(11-33-22)34-29(40)27(35-28(39)19-12-42-38-26(19)16-3-4-16)25-18-9-20(31)21(32)10-23(18)41-13-30(25)7-8-30/h5-6,9-12,16,25,27H,3-4,7-8,13H2,1-2H3,(H,34,40)(H,35,39)(H,36,37)/t25?,27-/m0/s1. The minimum absolute atomic E-state index is 0.138. The minimum Gasteiger partial charge on any atom is -0.493 e. The minimum atomic E-state index is -1.15. The van der Waals surface area contributed by atoms with Crippen molar-refractivity contribution in [1.29, 1.82) is 0 Å². The molecule has 42 heavy (non-hydrogen) atoms. The van der Waals surface area contributed by atoms with Crippen LogP contribution >= 0.6 is 0 Å². The van der Waals surface area contributed by atoms with E-state index in [0.717, 1.165) is 41.9 Å². The predicted molar refractivity (Wildman–Crippen MR) is 146 cm³/mol. The Morgan fingerprint density at radius 2 is 1.93 bits per heavy atom. The fourth-order valence-electron chi connectivity index (χ4n) is 6.05. The van der Waals surface area contributed by atoms with E-state index >= 15 is 0 Å². The molecule has 1 aromatic carbocycles. The molecular weight excluding hydrogens is 546 g/mol. The lowest BCUT2D eigenvalue weighted by molar-refractivity contribution is -0.119. The Morgan fingerprint density at radius 1 is 1.14 bits per heavy atom. The molecule has 3 aromatic heterocycles. The van der Waals surface area contributed by atoms with Crippen LogP contribution in [0.25, 0.3) is 11.3 Å². The predicted octanol–water partition coefficient (Wildman–Crippen LogP) is 4.93. The van der Waals surface area contributed by atoms with Crippen molar-refractivity contribution >= 4 is 17.5 Å². The maximum atomic E-state index is 14.6. The van der Waals surface area contributed by atoms with Crippen molar-refractivity contribution in [3.8, 4) is 17.0 Å². The van der Waals surface area contributed by atoms with E-state index in [1.165, 1.54) is 12.5 Å². The number of amides is 2. The number of nitrogens with one attached hydrogen (secondary N) is 3. The second kappa shape index (κ2) is 9.74. The summed E-state index contributed by atoms with van der Waals surface area (Å²) in [5.41, 5.74) is 4.28. The number of nitrogens with zero attached hydrogens (tertiary/aromatic N) is 3. The number of carbonyl (C=O) groups is 2. The fraction of sp³-hybridized carbons (Fsp3) is 0.367. The summed E-state index contributed by atoms with van der Waals surface area (Å²) in [5, 5.41) is 16.9. The zero-order chi connectivity index (χ0) is 29.2. The first-order valence-corrected chi connectivity index (χ1v) is 13.9. The van der Waals surface area contributed by atoms with E-state index in [0.29, 0.717) is 35.5 Å². The number of aromatic amines is 1. The number of aromatic nitrogens is 4. The van der Waals surface area contributed by atoms with E-state index in [1.807, 2.05) is 13.8 Å². The van der Waals surface area contributed by atoms with E-state index in [4.69, 9.17) is 9.26 Å². The zero-order valence-electron chi connectivity index (χ0n) is 23.0. The normalized spacial score (nSPS) is 19.1. The summed E-state index contributed by atoms with van der Waals surface area (Å²) < 4.78 is 39.7. The molecular formula is C30H28F2N6O4. The van der Waals surface area contributed by atoms with Gasteiger partial charge in [-0.2, -0.15) is 5.10 Å². The van der Waals surface area contributed by atoms with E-state index < -0.39 is 40.8 Å². The number of benzene rings is 1. The highest BCUT2D eigenvalue weighted by molar-refractivity contribution is 6.02. The van der Waals surface area contributed by atoms with Gasteiger partial charge in [0.2, 0.25) is 5.91 Å². The summed E-state index contributed by atoms with van der Waals surface area (Å²) in [6, 6.07) is 4.42. The number of fused-ring (bicyclic) bond motifs is 1. The largest absolute Gasteiger partial charge is 0.493 e. The van der Waals surface area contributed by atoms with Gasteiger partial charge in [-0.25, -0.2) is 8.78 Å². The van der Waals surface area contributed by atoms with Crippen LogP contribution in [0.15, 0.2) is 41.2 Å². The van der Waals surface area contributed by atoms with Gasteiger partial charge in [-0.05, 0) is 57.7 Å². The molecule has 2 fully saturated rings. The second-order valence-corrected chi connectivity index (χ2v) is 11.5. The molecule has 2 atom stereocenters. The number of carbonyl (C=O) groups excluding carboxylic acids is 2. The monoisotopic (exact) mass is 574 g/mol. The lowest BCUT2D eigenvalue weighted by Gasteiger charge is -2.38. The van der Waals surface area contributed by atoms with Crippen LogP contribution in [0.4, 0.5) is 14.5 Å². The Hall–Kier alpha value is -4.61. The van der Waals surface area contributed by atoms with Crippen molar-refractivity contribution in [2.24, 2.45) is 5.41 Å². The van der Waals surface area contributed by atoms with Gasteiger partial charge in [-0.15, -0.1) is 0 Å². The highest BCUT2D eigenvalue weighted by atomic mass is 19.2. The molecule has 0 saturated heterocycles. The molecule has 0 bridgehead atoms. The summed E-state index contributed by atoms with van der Waals surface area (Å²) >= 11 is 0. The molecule has 2 amide bonds. The molecule has 12 heteroatoms. The molecule has 2 aliphatic carbocycles. The van der Waals surface area contributed by atoms with Crippen LogP contribution < -0.4 is 15.4 Å². The molecule has 3 N–H and O–H groups in total. The molecule has 2 saturated carbocycles. The third-order valence-electron chi connectivity index (χ3n) is 8.58. The molecule has 10 nitrogen and oxygen atoms in total. The van der Waals surface area contributed by atoms with Crippen LogP contribution in [0, 0.1) is 30.9 Å². The lowest BCUT2D eigenvalue weighted by atomic mass is 9.75. The van der Waals surface area contributed by atoms with Crippen LogP contribution in [0.2, 0.25) is 0 Å². The van der Waals surface area contributed by atoms with Crippen molar-refractivity contribution in [1.82, 2.24) is 25.7 Å². The van der Waals surface area contributed by atoms with Gasteiger partial charge < -0.3 is 19.9 Å². The van der Waals surface area contributed by atoms with Crippen molar-refractivity contribution in [2.45, 2.75) is 57.4 Å². The summed E-state index contributed by atoms with van der Waals surface area (Å²) in [5.74, 6) is -3.52. The van der Waals surface area contributed by atoms with Gasteiger partial charge in [-0.3, -0.25) is 19.7 Å².